The van der Waals surface area contributed by atoms with Gasteiger partial charge >= 0.3 is 0 Å². The van der Waals surface area contributed by atoms with Crippen LogP contribution in [-0.4, -0.2) is 36.2 Å². The normalized spacial score (nSPS) is 28.1. The van der Waals surface area contributed by atoms with Crippen LogP contribution in [0, 0.1) is 0 Å². The molecule has 86 valence electrons. The van der Waals surface area contributed by atoms with E-state index < -0.39 is 0 Å². The smallest absolute Gasteiger partial charge is 0.0964 e. The Morgan fingerprint density at radius 3 is 2.38 bits per heavy atom. The highest BCUT2D eigenvalue weighted by Crippen LogP contribution is 2.42. The summed E-state index contributed by atoms with van der Waals surface area (Å²) in [5.74, 6) is 0. The minimum Gasteiger partial charge on any atom is -0.396 e. The van der Waals surface area contributed by atoms with Crippen molar-refractivity contribution in [1.82, 2.24) is 4.90 Å². The fourth-order valence-electron chi connectivity index (χ4n) is 2.75. The summed E-state index contributed by atoms with van der Waals surface area (Å²) in [6.45, 7) is 3.18. The molecule has 1 aromatic rings. The van der Waals surface area contributed by atoms with Crippen molar-refractivity contribution in [2.24, 2.45) is 0 Å². The second kappa shape index (κ2) is 4.17. The molecule has 0 amide bonds. The Morgan fingerprint density at radius 2 is 1.81 bits per heavy atom. The summed E-state index contributed by atoms with van der Waals surface area (Å²) in [4.78, 5) is 2.40. The van der Waals surface area contributed by atoms with Crippen molar-refractivity contribution >= 4 is 0 Å². The summed E-state index contributed by atoms with van der Waals surface area (Å²) < 4.78 is 5.97. The van der Waals surface area contributed by atoms with Crippen molar-refractivity contribution < 1.29 is 9.84 Å². The average Bonchev–Trinajstić information content (AvgIpc) is 2.60. The van der Waals surface area contributed by atoms with Crippen LogP contribution in [0.4, 0.5) is 0 Å². The molecule has 0 aliphatic carbocycles. The van der Waals surface area contributed by atoms with Crippen LogP contribution >= 0.6 is 0 Å². The maximum Gasteiger partial charge on any atom is 0.0964 e. The molecule has 0 radical (unpaired) electrons. The molecule has 0 saturated carbocycles. The number of rotatable bonds is 3. The second-order valence-electron chi connectivity index (χ2n) is 4.58. The van der Waals surface area contributed by atoms with Crippen LogP contribution in [-0.2, 0) is 4.74 Å². The van der Waals surface area contributed by atoms with Gasteiger partial charge in [0, 0.05) is 26.2 Å². The molecule has 1 aromatic carbocycles. The first-order valence-corrected chi connectivity index (χ1v) is 5.96. The van der Waals surface area contributed by atoms with E-state index in [2.05, 4.69) is 29.2 Å². The largest absolute Gasteiger partial charge is 0.396 e. The van der Waals surface area contributed by atoms with Crippen LogP contribution in [0.1, 0.15) is 29.8 Å². The molecular formula is C13H17NO2. The SMILES string of the molecule is OCCCN1CC2OC(C1)c1ccccc12. The zero-order valence-corrected chi connectivity index (χ0v) is 9.30. The first kappa shape index (κ1) is 10.3. The first-order valence-electron chi connectivity index (χ1n) is 5.96. The minimum absolute atomic E-state index is 0.244. The molecule has 3 rings (SSSR count). The number of fused-ring (bicyclic) bond motifs is 5. The van der Waals surface area contributed by atoms with E-state index in [-0.39, 0.29) is 18.8 Å². The lowest BCUT2D eigenvalue weighted by Crippen LogP contribution is -2.37. The fraction of sp³-hybridized carbons (Fsp3) is 0.538. The number of hydrogen-bond donors (Lipinski definition) is 1. The predicted octanol–water partition coefficient (Wildman–Crippen LogP) is 1.50. The standard InChI is InChI=1S/C13H17NO2/c15-7-3-6-14-8-12-10-4-1-2-5-11(10)13(9-14)16-12/h1-2,4-5,12-13,15H,3,6-9H2. The monoisotopic (exact) mass is 219 g/mol. The molecule has 2 unspecified atom stereocenters. The zero-order valence-electron chi connectivity index (χ0n) is 9.30. The van der Waals surface area contributed by atoms with Gasteiger partial charge in [-0.15, -0.1) is 0 Å². The van der Waals surface area contributed by atoms with Gasteiger partial charge in [0.05, 0.1) is 12.2 Å². The number of aliphatic hydroxyl groups excluding tert-OH is 1. The van der Waals surface area contributed by atoms with Crippen molar-refractivity contribution in [1.29, 1.82) is 0 Å². The van der Waals surface area contributed by atoms with Crippen LogP contribution in [0.5, 0.6) is 0 Å². The van der Waals surface area contributed by atoms with E-state index in [0.717, 1.165) is 26.1 Å². The van der Waals surface area contributed by atoms with Crippen LogP contribution in [0.3, 0.4) is 0 Å². The molecule has 0 aromatic heterocycles. The molecule has 1 N–H and O–H groups in total. The maximum atomic E-state index is 8.86. The summed E-state index contributed by atoms with van der Waals surface area (Å²) >= 11 is 0. The van der Waals surface area contributed by atoms with Gasteiger partial charge in [-0.25, -0.2) is 0 Å². The molecule has 2 atom stereocenters. The van der Waals surface area contributed by atoms with Gasteiger partial charge in [-0.1, -0.05) is 24.3 Å². The molecule has 1 fully saturated rings. The summed E-state index contributed by atoms with van der Waals surface area (Å²) in [7, 11) is 0. The van der Waals surface area contributed by atoms with Gasteiger partial charge in [-0.3, -0.25) is 4.90 Å². The summed E-state index contributed by atoms with van der Waals surface area (Å²) in [5, 5.41) is 8.86. The number of morpholine rings is 1. The average molecular weight is 219 g/mol. The highest BCUT2D eigenvalue weighted by Gasteiger charge is 2.37. The lowest BCUT2D eigenvalue weighted by Gasteiger charge is -2.32. The van der Waals surface area contributed by atoms with Gasteiger partial charge in [0.1, 0.15) is 0 Å². The number of benzene rings is 1. The predicted molar refractivity (Wildman–Crippen MR) is 61.2 cm³/mol. The van der Waals surface area contributed by atoms with Crippen molar-refractivity contribution in [3.63, 3.8) is 0 Å². The van der Waals surface area contributed by atoms with E-state index in [1.54, 1.807) is 0 Å². The van der Waals surface area contributed by atoms with Gasteiger partial charge in [0.15, 0.2) is 0 Å². The maximum absolute atomic E-state index is 8.86. The first-order chi connectivity index (χ1) is 7.88. The van der Waals surface area contributed by atoms with Crippen LogP contribution < -0.4 is 0 Å². The molecule has 2 aliphatic heterocycles. The third-order valence-corrected chi connectivity index (χ3v) is 3.50. The molecule has 2 bridgehead atoms. The van der Waals surface area contributed by atoms with Crippen LogP contribution in [0.25, 0.3) is 0 Å². The Bertz CT molecular complexity index is 349. The molecule has 3 heteroatoms. The number of ether oxygens (including phenoxy) is 1. The molecule has 1 saturated heterocycles. The highest BCUT2D eigenvalue weighted by molar-refractivity contribution is 5.36. The Labute approximate surface area is 95.6 Å². The van der Waals surface area contributed by atoms with Crippen molar-refractivity contribution in [3.8, 4) is 0 Å². The molecule has 16 heavy (non-hydrogen) atoms. The van der Waals surface area contributed by atoms with E-state index in [1.807, 2.05) is 0 Å². The summed E-state index contributed by atoms with van der Waals surface area (Å²) in [6.07, 6.45) is 1.35. The number of nitrogens with zero attached hydrogens (tertiary/aromatic N) is 1. The topological polar surface area (TPSA) is 32.7 Å². The third kappa shape index (κ3) is 1.65. The van der Waals surface area contributed by atoms with E-state index in [4.69, 9.17) is 9.84 Å². The van der Waals surface area contributed by atoms with Gasteiger partial charge in [0.25, 0.3) is 0 Å². The van der Waals surface area contributed by atoms with Crippen LogP contribution in [0.2, 0.25) is 0 Å². The molecule has 3 nitrogen and oxygen atoms in total. The molecular weight excluding hydrogens is 202 g/mol. The Morgan fingerprint density at radius 1 is 1.19 bits per heavy atom. The fourth-order valence-corrected chi connectivity index (χ4v) is 2.75. The highest BCUT2D eigenvalue weighted by atomic mass is 16.5. The minimum atomic E-state index is 0.244. The van der Waals surface area contributed by atoms with E-state index in [1.165, 1.54) is 11.1 Å². The molecule has 0 spiro atoms. The van der Waals surface area contributed by atoms with Gasteiger partial charge in [0.2, 0.25) is 0 Å². The molecule has 2 heterocycles. The summed E-state index contributed by atoms with van der Waals surface area (Å²) in [5.41, 5.74) is 2.72. The quantitative estimate of drug-likeness (QED) is 0.836. The Hall–Kier alpha value is -0.900. The van der Waals surface area contributed by atoms with Crippen LogP contribution in [0.15, 0.2) is 24.3 Å². The lowest BCUT2D eigenvalue weighted by atomic mass is 10.0. The Balaban J connectivity index is 1.77. The Kier molecular flexibility index (Phi) is 2.67. The van der Waals surface area contributed by atoms with Gasteiger partial charge in [-0.05, 0) is 17.5 Å². The van der Waals surface area contributed by atoms with E-state index in [9.17, 15) is 0 Å². The van der Waals surface area contributed by atoms with Crippen molar-refractivity contribution in [3.05, 3.63) is 35.4 Å². The third-order valence-electron chi connectivity index (χ3n) is 3.50. The molecule has 2 aliphatic rings. The zero-order chi connectivity index (χ0) is 11.0. The summed E-state index contributed by atoms with van der Waals surface area (Å²) in [6, 6.07) is 8.52. The van der Waals surface area contributed by atoms with E-state index >= 15 is 0 Å². The number of aliphatic hydroxyl groups is 1. The van der Waals surface area contributed by atoms with Crippen molar-refractivity contribution in [2.45, 2.75) is 18.6 Å². The van der Waals surface area contributed by atoms with E-state index in [0.29, 0.717) is 0 Å². The second-order valence-corrected chi connectivity index (χ2v) is 4.58. The number of hydrogen-bond acceptors (Lipinski definition) is 3. The van der Waals surface area contributed by atoms with Crippen molar-refractivity contribution in [2.75, 3.05) is 26.2 Å². The van der Waals surface area contributed by atoms with Gasteiger partial charge < -0.3 is 9.84 Å². The lowest BCUT2D eigenvalue weighted by molar-refractivity contribution is -0.0686. The van der Waals surface area contributed by atoms with Gasteiger partial charge in [-0.2, -0.15) is 0 Å².